The van der Waals surface area contributed by atoms with E-state index >= 15 is 0 Å². The number of rotatable bonds is 3. The molecule has 0 amide bonds. The number of nitrogens with zero attached hydrogens (tertiary/aromatic N) is 2. The van der Waals surface area contributed by atoms with Crippen LogP contribution in [0, 0.1) is 0 Å². The first kappa shape index (κ1) is 12.0. The van der Waals surface area contributed by atoms with Crippen molar-refractivity contribution in [2.75, 3.05) is 0 Å². The lowest BCUT2D eigenvalue weighted by Gasteiger charge is -2.02. The lowest BCUT2D eigenvalue weighted by atomic mass is 10.1. The fourth-order valence-electron chi connectivity index (χ4n) is 2.49. The molecule has 0 bridgehead atoms. The van der Waals surface area contributed by atoms with E-state index in [4.69, 9.17) is 0 Å². The average Bonchev–Trinajstić information content (AvgIpc) is 3.02. The molecular weight excluding hydrogens is 244 g/mol. The van der Waals surface area contributed by atoms with Crippen molar-refractivity contribution in [1.82, 2.24) is 19.5 Å². The molecule has 0 aliphatic heterocycles. The van der Waals surface area contributed by atoms with Crippen molar-refractivity contribution in [3.63, 3.8) is 0 Å². The van der Waals surface area contributed by atoms with Crippen LogP contribution < -0.4 is 11.2 Å². The summed E-state index contributed by atoms with van der Waals surface area (Å²) in [6.07, 6.45) is 6.80. The van der Waals surface area contributed by atoms with E-state index < -0.39 is 0 Å². The molecule has 0 aromatic carbocycles. The molecule has 19 heavy (non-hydrogen) atoms. The topological polar surface area (TPSA) is 83.5 Å². The van der Waals surface area contributed by atoms with E-state index in [9.17, 15) is 9.59 Å². The molecule has 1 aliphatic rings. The van der Waals surface area contributed by atoms with Gasteiger partial charge in [0.05, 0.1) is 0 Å². The maximum absolute atomic E-state index is 12.2. The molecule has 0 saturated heterocycles. The zero-order valence-corrected chi connectivity index (χ0v) is 10.8. The first-order chi connectivity index (χ1) is 9.20. The van der Waals surface area contributed by atoms with Gasteiger partial charge in [-0.3, -0.25) is 14.3 Å². The fourth-order valence-corrected chi connectivity index (χ4v) is 2.49. The second-order valence-electron chi connectivity index (χ2n) is 4.87. The highest BCUT2D eigenvalue weighted by molar-refractivity contribution is 5.69. The van der Waals surface area contributed by atoms with E-state index in [0.29, 0.717) is 17.7 Å². The van der Waals surface area contributed by atoms with Crippen LogP contribution in [-0.4, -0.2) is 19.5 Å². The van der Waals surface area contributed by atoms with Gasteiger partial charge in [-0.25, -0.2) is 9.78 Å². The Kier molecular flexibility index (Phi) is 2.85. The molecule has 3 rings (SSSR count). The van der Waals surface area contributed by atoms with Gasteiger partial charge < -0.3 is 4.98 Å². The first-order valence-electron chi connectivity index (χ1n) is 6.58. The third-order valence-electron chi connectivity index (χ3n) is 3.49. The Labute approximate surface area is 109 Å². The Hall–Kier alpha value is -2.11. The third-order valence-corrected chi connectivity index (χ3v) is 3.49. The lowest BCUT2D eigenvalue weighted by molar-refractivity contribution is 0.622. The van der Waals surface area contributed by atoms with Crippen molar-refractivity contribution in [1.29, 1.82) is 0 Å². The van der Waals surface area contributed by atoms with Crippen molar-refractivity contribution in [3.8, 4) is 0 Å². The van der Waals surface area contributed by atoms with Crippen LogP contribution in [0.15, 0.2) is 21.7 Å². The first-order valence-corrected chi connectivity index (χ1v) is 6.58. The summed E-state index contributed by atoms with van der Waals surface area (Å²) in [5.74, 6) is 1.07. The Bertz CT molecular complexity index is 742. The van der Waals surface area contributed by atoms with E-state index in [1.165, 1.54) is 4.57 Å². The highest BCUT2D eigenvalue weighted by Crippen LogP contribution is 2.27. The molecule has 2 heterocycles. The quantitative estimate of drug-likeness (QED) is 0.815. The predicted octanol–water partition coefficient (Wildman–Crippen LogP) is 1.26. The molecule has 0 fully saturated rings. The highest BCUT2D eigenvalue weighted by Gasteiger charge is 2.19. The number of allylic oxidation sites excluding steroid dienone is 2. The summed E-state index contributed by atoms with van der Waals surface area (Å²) in [4.78, 5) is 34.1. The van der Waals surface area contributed by atoms with Crippen LogP contribution >= 0.6 is 0 Å². The van der Waals surface area contributed by atoms with Gasteiger partial charge in [-0.15, -0.1) is 0 Å². The van der Waals surface area contributed by atoms with Crippen LogP contribution in [0.1, 0.15) is 37.9 Å². The van der Waals surface area contributed by atoms with Crippen molar-refractivity contribution in [2.45, 2.75) is 38.6 Å². The number of aromatic amines is 2. The third kappa shape index (κ3) is 1.93. The van der Waals surface area contributed by atoms with E-state index in [2.05, 4.69) is 27.1 Å². The summed E-state index contributed by atoms with van der Waals surface area (Å²) >= 11 is 0. The SMILES string of the molecule is CCCn1c(=O)[nH]c2nc(C3CC=CC3)[nH]c2c1=O. The number of hydrogen-bond acceptors (Lipinski definition) is 3. The van der Waals surface area contributed by atoms with Crippen LogP contribution in [-0.2, 0) is 6.54 Å². The lowest BCUT2D eigenvalue weighted by Crippen LogP contribution is -2.34. The van der Waals surface area contributed by atoms with Crippen LogP contribution in [0.3, 0.4) is 0 Å². The standard InChI is InChI=1S/C13H16N4O2/c1-2-7-17-12(18)9-11(16-13(17)19)15-10(14-9)8-5-3-4-6-8/h3-4,8H,2,5-7H2,1H3,(H,14,15)(H,16,19). The largest absolute Gasteiger partial charge is 0.336 e. The molecular formula is C13H16N4O2. The maximum atomic E-state index is 12.2. The zero-order valence-electron chi connectivity index (χ0n) is 10.8. The second-order valence-corrected chi connectivity index (χ2v) is 4.87. The monoisotopic (exact) mass is 260 g/mol. The second kappa shape index (κ2) is 4.53. The van der Waals surface area contributed by atoms with E-state index in [0.717, 1.165) is 25.1 Å². The molecule has 6 nitrogen and oxygen atoms in total. The molecule has 0 saturated carbocycles. The van der Waals surface area contributed by atoms with E-state index in [1.807, 2.05) is 6.92 Å². The van der Waals surface area contributed by atoms with Gasteiger partial charge >= 0.3 is 5.69 Å². The van der Waals surface area contributed by atoms with Gasteiger partial charge in [0.15, 0.2) is 5.65 Å². The molecule has 0 radical (unpaired) electrons. The van der Waals surface area contributed by atoms with Gasteiger partial charge in [-0.1, -0.05) is 19.1 Å². The minimum atomic E-state index is -0.387. The molecule has 2 aromatic rings. The minimum Gasteiger partial charge on any atom is -0.336 e. The number of fused-ring (bicyclic) bond motifs is 1. The molecule has 2 N–H and O–H groups in total. The van der Waals surface area contributed by atoms with Gasteiger partial charge in [-0.05, 0) is 19.3 Å². The Morgan fingerprint density at radius 1 is 1.32 bits per heavy atom. The molecule has 2 aromatic heterocycles. The van der Waals surface area contributed by atoms with Gasteiger partial charge in [0.2, 0.25) is 0 Å². The number of nitrogens with one attached hydrogen (secondary N) is 2. The average molecular weight is 260 g/mol. The minimum absolute atomic E-state index is 0.287. The smallest absolute Gasteiger partial charge is 0.330 e. The summed E-state index contributed by atoms with van der Waals surface area (Å²) in [7, 11) is 0. The van der Waals surface area contributed by atoms with Crippen LogP contribution in [0.25, 0.3) is 11.2 Å². The number of imidazole rings is 1. The Morgan fingerprint density at radius 3 is 2.74 bits per heavy atom. The molecule has 0 unspecified atom stereocenters. The number of aromatic nitrogens is 4. The van der Waals surface area contributed by atoms with E-state index in [-0.39, 0.29) is 17.2 Å². The maximum Gasteiger partial charge on any atom is 0.330 e. The fraction of sp³-hybridized carbons (Fsp3) is 0.462. The summed E-state index contributed by atoms with van der Waals surface area (Å²) in [6, 6.07) is 0. The van der Waals surface area contributed by atoms with Gasteiger partial charge in [0, 0.05) is 12.5 Å². The summed E-state index contributed by atoms with van der Waals surface area (Å²) in [5, 5.41) is 0. The highest BCUT2D eigenvalue weighted by atomic mass is 16.2. The van der Waals surface area contributed by atoms with Gasteiger partial charge in [0.1, 0.15) is 11.3 Å². The van der Waals surface area contributed by atoms with Crippen molar-refractivity contribution in [3.05, 3.63) is 38.8 Å². The molecule has 0 atom stereocenters. The molecule has 0 spiro atoms. The number of hydrogen-bond donors (Lipinski definition) is 2. The van der Waals surface area contributed by atoms with Crippen molar-refractivity contribution < 1.29 is 0 Å². The molecule has 100 valence electrons. The Morgan fingerprint density at radius 2 is 2.05 bits per heavy atom. The molecule has 6 heteroatoms. The summed E-state index contributed by atoms with van der Waals surface area (Å²) in [5.41, 5.74) is 0.0893. The van der Waals surface area contributed by atoms with Crippen LogP contribution in [0.2, 0.25) is 0 Å². The van der Waals surface area contributed by atoms with Crippen LogP contribution in [0.5, 0.6) is 0 Å². The molecule has 1 aliphatic carbocycles. The van der Waals surface area contributed by atoms with Crippen molar-refractivity contribution in [2.24, 2.45) is 0 Å². The van der Waals surface area contributed by atoms with Crippen LogP contribution in [0.4, 0.5) is 0 Å². The Balaban J connectivity index is 2.15. The normalized spacial score (nSPS) is 15.6. The van der Waals surface area contributed by atoms with Gasteiger partial charge in [0.25, 0.3) is 5.56 Å². The summed E-state index contributed by atoms with van der Waals surface area (Å²) < 4.78 is 1.22. The number of H-pyrrole nitrogens is 2. The zero-order chi connectivity index (χ0) is 13.4. The summed E-state index contributed by atoms with van der Waals surface area (Å²) in [6.45, 7) is 2.35. The predicted molar refractivity (Wildman–Crippen MR) is 72.4 cm³/mol. The van der Waals surface area contributed by atoms with Crippen molar-refractivity contribution >= 4 is 11.2 Å². The van der Waals surface area contributed by atoms with E-state index in [1.54, 1.807) is 0 Å². The van der Waals surface area contributed by atoms with Gasteiger partial charge in [-0.2, -0.15) is 0 Å².